The fourth-order valence-electron chi connectivity index (χ4n) is 1.59. The molecule has 0 aliphatic carbocycles. The van der Waals surface area contributed by atoms with Gasteiger partial charge in [0.05, 0.1) is 12.7 Å². The molecule has 0 atom stereocenters. The Kier molecular flexibility index (Phi) is 4.06. The fraction of sp³-hybridized carbons (Fsp3) is 0.167. The molecule has 2 amide bonds. The van der Waals surface area contributed by atoms with Crippen LogP contribution in [0.15, 0.2) is 30.5 Å². The Bertz CT molecular complexity index is 636. The SMILES string of the molecule is NCCn1cc(C(=O)Nc2cccc(C(N)=O)c2)nn1. The van der Waals surface area contributed by atoms with Gasteiger partial charge in [-0.1, -0.05) is 11.3 Å². The van der Waals surface area contributed by atoms with Crippen LogP contribution in [-0.2, 0) is 6.54 Å². The molecular formula is C12H14N6O2. The molecular weight excluding hydrogens is 260 g/mol. The fourth-order valence-corrected chi connectivity index (χ4v) is 1.59. The van der Waals surface area contributed by atoms with Crippen LogP contribution < -0.4 is 16.8 Å². The van der Waals surface area contributed by atoms with Crippen molar-refractivity contribution < 1.29 is 9.59 Å². The van der Waals surface area contributed by atoms with Crippen LogP contribution in [0.5, 0.6) is 0 Å². The predicted octanol–water partition coefficient (Wildman–Crippen LogP) is -0.412. The van der Waals surface area contributed by atoms with Crippen LogP contribution in [0.2, 0.25) is 0 Å². The topological polar surface area (TPSA) is 129 Å². The zero-order valence-electron chi connectivity index (χ0n) is 10.6. The van der Waals surface area contributed by atoms with Gasteiger partial charge in [0.2, 0.25) is 5.91 Å². The van der Waals surface area contributed by atoms with Crippen LogP contribution in [0.3, 0.4) is 0 Å². The smallest absolute Gasteiger partial charge is 0.277 e. The van der Waals surface area contributed by atoms with Crippen molar-refractivity contribution in [3.8, 4) is 0 Å². The third-order valence-corrected chi connectivity index (χ3v) is 2.53. The van der Waals surface area contributed by atoms with Crippen molar-refractivity contribution in [3.63, 3.8) is 0 Å². The highest BCUT2D eigenvalue weighted by molar-refractivity contribution is 6.03. The molecule has 0 radical (unpaired) electrons. The number of aromatic nitrogens is 3. The normalized spacial score (nSPS) is 10.2. The highest BCUT2D eigenvalue weighted by Crippen LogP contribution is 2.11. The van der Waals surface area contributed by atoms with Gasteiger partial charge < -0.3 is 16.8 Å². The van der Waals surface area contributed by atoms with Gasteiger partial charge in [-0.05, 0) is 18.2 Å². The number of carbonyl (C=O) groups excluding carboxylic acids is 2. The van der Waals surface area contributed by atoms with E-state index in [1.807, 2.05) is 0 Å². The van der Waals surface area contributed by atoms with Gasteiger partial charge in [0.25, 0.3) is 5.91 Å². The number of hydrogen-bond donors (Lipinski definition) is 3. The summed E-state index contributed by atoms with van der Waals surface area (Å²) < 4.78 is 1.48. The first-order chi connectivity index (χ1) is 9.60. The van der Waals surface area contributed by atoms with E-state index < -0.39 is 11.8 Å². The number of anilines is 1. The molecule has 1 aromatic carbocycles. The Hall–Kier alpha value is -2.74. The Morgan fingerprint density at radius 1 is 1.35 bits per heavy atom. The van der Waals surface area contributed by atoms with Crippen LogP contribution in [-0.4, -0.2) is 33.4 Å². The van der Waals surface area contributed by atoms with Gasteiger partial charge in [-0.25, -0.2) is 0 Å². The Morgan fingerprint density at radius 3 is 2.85 bits per heavy atom. The minimum Gasteiger partial charge on any atom is -0.366 e. The zero-order chi connectivity index (χ0) is 14.5. The standard InChI is InChI=1S/C12H14N6O2/c13-4-5-18-7-10(16-17-18)12(20)15-9-3-1-2-8(6-9)11(14)19/h1-3,6-7H,4-5,13H2,(H2,14,19)(H,15,20). The Labute approximate surface area is 114 Å². The first-order valence-electron chi connectivity index (χ1n) is 5.91. The number of nitrogens with two attached hydrogens (primary N) is 2. The molecule has 2 aromatic rings. The summed E-state index contributed by atoms with van der Waals surface area (Å²) in [5.74, 6) is -0.982. The molecule has 0 fully saturated rings. The largest absolute Gasteiger partial charge is 0.366 e. The van der Waals surface area contributed by atoms with Gasteiger partial charge in [-0.2, -0.15) is 0 Å². The third kappa shape index (κ3) is 3.18. The van der Waals surface area contributed by atoms with Gasteiger partial charge in [0.15, 0.2) is 5.69 Å². The summed E-state index contributed by atoms with van der Waals surface area (Å²) in [7, 11) is 0. The van der Waals surface area contributed by atoms with E-state index in [-0.39, 0.29) is 5.69 Å². The molecule has 0 unspecified atom stereocenters. The predicted molar refractivity (Wildman–Crippen MR) is 72.0 cm³/mol. The molecule has 0 aliphatic heterocycles. The Balaban J connectivity index is 2.10. The van der Waals surface area contributed by atoms with Crippen molar-refractivity contribution >= 4 is 17.5 Å². The number of nitrogens with one attached hydrogen (secondary N) is 1. The number of nitrogens with zero attached hydrogens (tertiary/aromatic N) is 3. The van der Waals surface area contributed by atoms with Crippen LogP contribution in [0.25, 0.3) is 0 Å². The van der Waals surface area contributed by atoms with E-state index in [1.165, 1.54) is 16.9 Å². The molecule has 0 saturated carbocycles. The number of hydrogen-bond acceptors (Lipinski definition) is 5. The second kappa shape index (κ2) is 5.93. The first-order valence-corrected chi connectivity index (χ1v) is 5.91. The number of benzene rings is 1. The van der Waals surface area contributed by atoms with Crippen molar-refractivity contribution in [2.24, 2.45) is 11.5 Å². The number of carbonyl (C=O) groups is 2. The van der Waals surface area contributed by atoms with Crippen molar-refractivity contribution in [3.05, 3.63) is 41.7 Å². The quantitative estimate of drug-likeness (QED) is 0.682. The third-order valence-electron chi connectivity index (χ3n) is 2.53. The maximum atomic E-state index is 11.9. The lowest BCUT2D eigenvalue weighted by Crippen LogP contribution is -2.15. The van der Waals surface area contributed by atoms with Gasteiger partial charge >= 0.3 is 0 Å². The maximum Gasteiger partial charge on any atom is 0.277 e. The molecule has 0 spiro atoms. The second-order valence-corrected chi connectivity index (χ2v) is 4.05. The van der Waals surface area contributed by atoms with Gasteiger partial charge in [0, 0.05) is 17.8 Å². The van der Waals surface area contributed by atoms with E-state index in [4.69, 9.17) is 11.5 Å². The summed E-state index contributed by atoms with van der Waals surface area (Å²) in [6, 6.07) is 6.33. The van der Waals surface area contributed by atoms with E-state index in [0.29, 0.717) is 24.3 Å². The van der Waals surface area contributed by atoms with E-state index >= 15 is 0 Å². The van der Waals surface area contributed by atoms with Crippen LogP contribution in [0, 0.1) is 0 Å². The highest BCUT2D eigenvalue weighted by atomic mass is 16.2. The molecule has 2 rings (SSSR count). The number of primary amides is 1. The molecule has 8 nitrogen and oxygen atoms in total. The van der Waals surface area contributed by atoms with Crippen molar-refractivity contribution in [1.29, 1.82) is 0 Å². The molecule has 0 bridgehead atoms. The zero-order valence-corrected chi connectivity index (χ0v) is 10.6. The molecule has 104 valence electrons. The summed E-state index contributed by atoms with van der Waals surface area (Å²) in [6.45, 7) is 0.891. The minimum absolute atomic E-state index is 0.169. The van der Waals surface area contributed by atoms with E-state index in [1.54, 1.807) is 18.2 Å². The van der Waals surface area contributed by atoms with E-state index in [0.717, 1.165) is 0 Å². The van der Waals surface area contributed by atoms with Gasteiger partial charge in [0.1, 0.15) is 0 Å². The molecule has 5 N–H and O–H groups in total. The molecule has 0 aliphatic rings. The molecule has 20 heavy (non-hydrogen) atoms. The van der Waals surface area contributed by atoms with Crippen LogP contribution >= 0.6 is 0 Å². The van der Waals surface area contributed by atoms with Crippen molar-refractivity contribution in [2.75, 3.05) is 11.9 Å². The van der Waals surface area contributed by atoms with Gasteiger partial charge in [-0.3, -0.25) is 14.3 Å². The number of rotatable bonds is 5. The average molecular weight is 274 g/mol. The Morgan fingerprint density at radius 2 is 2.15 bits per heavy atom. The van der Waals surface area contributed by atoms with Crippen molar-refractivity contribution in [2.45, 2.75) is 6.54 Å². The lowest BCUT2D eigenvalue weighted by atomic mass is 10.2. The highest BCUT2D eigenvalue weighted by Gasteiger charge is 2.11. The lowest BCUT2D eigenvalue weighted by Gasteiger charge is -2.04. The summed E-state index contributed by atoms with van der Waals surface area (Å²) in [5.41, 5.74) is 11.5. The first kappa shape index (κ1) is 13.7. The monoisotopic (exact) mass is 274 g/mol. The van der Waals surface area contributed by atoms with E-state index in [2.05, 4.69) is 15.6 Å². The summed E-state index contributed by atoms with van der Waals surface area (Å²) in [6.07, 6.45) is 1.50. The summed E-state index contributed by atoms with van der Waals surface area (Å²) in [4.78, 5) is 23.0. The van der Waals surface area contributed by atoms with Gasteiger partial charge in [-0.15, -0.1) is 5.10 Å². The molecule has 1 heterocycles. The van der Waals surface area contributed by atoms with Crippen LogP contribution in [0.4, 0.5) is 5.69 Å². The molecule has 0 saturated heterocycles. The van der Waals surface area contributed by atoms with Crippen LogP contribution in [0.1, 0.15) is 20.8 Å². The average Bonchev–Trinajstić information content (AvgIpc) is 2.88. The maximum absolute atomic E-state index is 11.9. The van der Waals surface area contributed by atoms with Crippen molar-refractivity contribution in [1.82, 2.24) is 15.0 Å². The minimum atomic E-state index is -0.560. The van der Waals surface area contributed by atoms with E-state index in [9.17, 15) is 9.59 Å². The second-order valence-electron chi connectivity index (χ2n) is 4.05. The molecule has 8 heteroatoms. The molecule has 1 aromatic heterocycles. The number of amides is 2. The summed E-state index contributed by atoms with van der Waals surface area (Å²) in [5, 5.41) is 10.1. The lowest BCUT2D eigenvalue weighted by molar-refractivity contribution is 0.0995. The summed E-state index contributed by atoms with van der Waals surface area (Å²) >= 11 is 0.